The fourth-order valence-electron chi connectivity index (χ4n) is 1.80. The van der Waals surface area contributed by atoms with Crippen molar-refractivity contribution in [2.75, 3.05) is 0 Å². The smallest absolute Gasteiger partial charge is 0.418 e. The standard InChI is InChI=1S/C13H19NO3/c1-2-3-4-5-6-8-11-9-7-10-14(12(11)15)13(16)17/h7,9-10H,2-6,8H2,1H3,(H,16,17). The van der Waals surface area contributed by atoms with Gasteiger partial charge in [-0.05, 0) is 18.9 Å². The van der Waals surface area contributed by atoms with Gasteiger partial charge in [-0.25, -0.2) is 9.36 Å². The molecule has 0 aliphatic carbocycles. The fraction of sp³-hybridized carbons (Fsp3) is 0.538. The van der Waals surface area contributed by atoms with Gasteiger partial charge in [0.25, 0.3) is 5.56 Å². The molecule has 0 fully saturated rings. The van der Waals surface area contributed by atoms with E-state index in [1.165, 1.54) is 25.5 Å². The molecule has 1 aromatic rings. The van der Waals surface area contributed by atoms with Crippen molar-refractivity contribution in [3.05, 3.63) is 34.2 Å². The van der Waals surface area contributed by atoms with E-state index in [4.69, 9.17) is 5.11 Å². The molecule has 1 aromatic heterocycles. The predicted octanol–water partition coefficient (Wildman–Crippen LogP) is 2.89. The van der Waals surface area contributed by atoms with Crippen molar-refractivity contribution in [2.45, 2.75) is 45.4 Å². The van der Waals surface area contributed by atoms with E-state index in [0.29, 0.717) is 12.0 Å². The summed E-state index contributed by atoms with van der Waals surface area (Å²) in [7, 11) is 0. The van der Waals surface area contributed by atoms with E-state index in [-0.39, 0.29) is 0 Å². The minimum absolute atomic E-state index is 0.407. The van der Waals surface area contributed by atoms with Gasteiger partial charge in [-0.15, -0.1) is 0 Å². The van der Waals surface area contributed by atoms with E-state index in [1.807, 2.05) is 0 Å². The lowest BCUT2D eigenvalue weighted by molar-refractivity contribution is 0.195. The third-order valence-electron chi connectivity index (χ3n) is 2.78. The van der Waals surface area contributed by atoms with Crippen LogP contribution in [0.15, 0.2) is 23.1 Å². The average Bonchev–Trinajstić information content (AvgIpc) is 2.30. The first-order valence-electron chi connectivity index (χ1n) is 6.10. The van der Waals surface area contributed by atoms with E-state index in [0.717, 1.165) is 17.4 Å². The second-order valence-electron chi connectivity index (χ2n) is 4.16. The van der Waals surface area contributed by atoms with Gasteiger partial charge in [0, 0.05) is 11.8 Å². The lowest BCUT2D eigenvalue weighted by Crippen LogP contribution is -2.27. The molecule has 94 valence electrons. The molecule has 0 radical (unpaired) electrons. The second-order valence-corrected chi connectivity index (χ2v) is 4.16. The van der Waals surface area contributed by atoms with Crippen LogP contribution in [-0.4, -0.2) is 15.8 Å². The summed E-state index contributed by atoms with van der Waals surface area (Å²) in [5.74, 6) is 0. The molecular weight excluding hydrogens is 218 g/mol. The number of nitrogens with zero attached hydrogens (tertiary/aromatic N) is 1. The first-order chi connectivity index (χ1) is 8.16. The van der Waals surface area contributed by atoms with Crippen molar-refractivity contribution < 1.29 is 9.90 Å². The first-order valence-corrected chi connectivity index (χ1v) is 6.10. The molecule has 1 heterocycles. The summed E-state index contributed by atoms with van der Waals surface area (Å²) in [6.07, 6.45) is 6.35. The maximum atomic E-state index is 11.7. The Bertz CT molecular complexity index is 423. The minimum atomic E-state index is -1.22. The minimum Gasteiger partial charge on any atom is -0.464 e. The molecule has 0 aromatic carbocycles. The number of carboxylic acid groups (broad SMARTS) is 1. The Morgan fingerprint density at radius 2 is 2.00 bits per heavy atom. The lowest BCUT2D eigenvalue weighted by Gasteiger charge is -2.03. The summed E-state index contributed by atoms with van der Waals surface area (Å²) in [4.78, 5) is 22.5. The normalized spacial score (nSPS) is 10.4. The Morgan fingerprint density at radius 1 is 1.29 bits per heavy atom. The molecule has 0 aliphatic rings. The molecule has 0 aliphatic heterocycles. The molecule has 0 unspecified atom stereocenters. The molecule has 0 bridgehead atoms. The van der Waals surface area contributed by atoms with E-state index in [2.05, 4.69) is 6.92 Å². The third kappa shape index (κ3) is 4.06. The largest absolute Gasteiger partial charge is 0.464 e. The summed E-state index contributed by atoms with van der Waals surface area (Å²) >= 11 is 0. The molecule has 0 saturated heterocycles. The molecule has 0 atom stereocenters. The highest BCUT2D eigenvalue weighted by Crippen LogP contribution is 2.06. The summed E-state index contributed by atoms with van der Waals surface area (Å²) in [6, 6.07) is 3.32. The van der Waals surface area contributed by atoms with Crippen molar-refractivity contribution in [2.24, 2.45) is 0 Å². The van der Waals surface area contributed by atoms with Crippen LogP contribution >= 0.6 is 0 Å². The van der Waals surface area contributed by atoms with Crippen LogP contribution < -0.4 is 5.56 Å². The maximum Gasteiger partial charge on any atom is 0.418 e. The maximum absolute atomic E-state index is 11.7. The monoisotopic (exact) mass is 237 g/mol. The molecule has 1 rings (SSSR count). The number of aromatic nitrogens is 1. The molecule has 1 N–H and O–H groups in total. The lowest BCUT2D eigenvalue weighted by atomic mass is 10.1. The van der Waals surface area contributed by atoms with Crippen LogP contribution in [0.25, 0.3) is 0 Å². The van der Waals surface area contributed by atoms with Crippen LogP contribution in [0.1, 0.15) is 44.6 Å². The van der Waals surface area contributed by atoms with E-state index in [9.17, 15) is 9.59 Å². The summed E-state index contributed by atoms with van der Waals surface area (Å²) in [5, 5.41) is 8.79. The molecule has 0 saturated carbocycles. The summed E-state index contributed by atoms with van der Waals surface area (Å²) in [6.45, 7) is 2.16. The van der Waals surface area contributed by atoms with Gasteiger partial charge in [0.15, 0.2) is 0 Å². The van der Waals surface area contributed by atoms with Gasteiger partial charge in [0.05, 0.1) is 0 Å². The van der Waals surface area contributed by atoms with Gasteiger partial charge in [-0.3, -0.25) is 4.79 Å². The second kappa shape index (κ2) is 6.89. The van der Waals surface area contributed by atoms with Crippen LogP contribution in [-0.2, 0) is 6.42 Å². The predicted molar refractivity (Wildman–Crippen MR) is 66.6 cm³/mol. The van der Waals surface area contributed by atoms with Crippen molar-refractivity contribution >= 4 is 6.09 Å². The Balaban J connectivity index is 2.57. The molecule has 0 amide bonds. The molecule has 17 heavy (non-hydrogen) atoms. The highest BCUT2D eigenvalue weighted by molar-refractivity contribution is 5.67. The molecule has 0 spiro atoms. The Hall–Kier alpha value is -1.58. The zero-order valence-electron chi connectivity index (χ0n) is 10.2. The number of hydrogen-bond acceptors (Lipinski definition) is 2. The number of unbranched alkanes of at least 4 members (excludes halogenated alkanes) is 4. The number of carbonyl (C=O) groups is 1. The number of aryl methyl sites for hydroxylation is 1. The van der Waals surface area contributed by atoms with Crippen LogP contribution in [0.4, 0.5) is 4.79 Å². The SMILES string of the molecule is CCCCCCCc1cccn(C(=O)O)c1=O. The number of hydrogen-bond donors (Lipinski definition) is 1. The summed E-state index contributed by atoms with van der Waals surface area (Å²) in [5.41, 5.74) is 0.182. The zero-order chi connectivity index (χ0) is 12.7. The van der Waals surface area contributed by atoms with Crippen molar-refractivity contribution in [1.29, 1.82) is 0 Å². The highest BCUT2D eigenvalue weighted by Gasteiger charge is 2.07. The van der Waals surface area contributed by atoms with Crippen LogP contribution in [0, 0.1) is 0 Å². The van der Waals surface area contributed by atoms with Gasteiger partial charge in [0.1, 0.15) is 0 Å². The fourth-order valence-corrected chi connectivity index (χ4v) is 1.80. The third-order valence-corrected chi connectivity index (χ3v) is 2.78. The van der Waals surface area contributed by atoms with Gasteiger partial charge < -0.3 is 5.11 Å². The Labute approximate surface area is 101 Å². The summed E-state index contributed by atoms with van der Waals surface area (Å²) < 4.78 is 0.737. The van der Waals surface area contributed by atoms with Crippen molar-refractivity contribution in [3.8, 4) is 0 Å². The van der Waals surface area contributed by atoms with Crippen molar-refractivity contribution in [1.82, 2.24) is 4.57 Å². The van der Waals surface area contributed by atoms with Gasteiger partial charge in [0.2, 0.25) is 0 Å². The van der Waals surface area contributed by atoms with Gasteiger partial charge in [-0.1, -0.05) is 38.7 Å². The molecule has 4 heteroatoms. The van der Waals surface area contributed by atoms with Crippen LogP contribution in [0.3, 0.4) is 0 Å². The first kappa shape index (κ1) is 13.5. The quantitative estimate of drug-likeness (QED) is 0.774. The van der Waals surface area contributed by atoms with Crippen LogP contribution in [0.5, 0.6) is 0 Å². The van der Waals surface area contributed by atoms with E-state index in [1.54, 1.807) is 12.1 Å². The number of rotatable bonds is 6. The van der Waals surface area contributed by atoms with Gasteiger partial charge in [-0.2, -0.15) is 0 Å². The number of pyridine rings is 1. The van der Waals surface area contributed by atoms with E-state index < -0.39 is 11.7 Å². The molecule has 4 nitrogen and oxygen atoms in total. The van der Waals surface area contributed by atoms with Crippen molar-refractivity contribution in [3.63, 3.8) is 0 Å². The Morgan fingerprint density at radius 3 is 2.65 bits per heavy atom. The zero-order valence-corrected chi connectivity index (χ0v) is 10.2. The topological polar surface area (TPSA) is 59.3 Å². The Kier molecular flexibility index (Phi) is 5.46. The van der Waals surface area contributed by atoms with Gasteiger partial charge >= 0.3 is 6.09 Å². The highest BCUT2D eigenvalue weighted by atomic mass is 16.4. The average molecular weight is 237 g/mol. The molecular formula is C13H19NO3. The van der Waals surface area contributed by atoms with E-state index >= 15 is 0 Å². The van der Waals surface area contributed by atoms with Crippen LogP contribution in [0.2, 0.25) is 0 Å².